The molecule has 2 atom stereocenters. The third-order valence-electron chi connectivity index (χ3n) is 4.84. The topological polar surface area (TPSA) is 46.5 Å². The molecule has 3 rings (SSSR count). The van der Waals surface area contributed by atoms with E-state index in [0.29, 0.717) is 5.92 Å². The molecule has 1 heterocycles. The van der Waals surface area contributed by atoms with Gasteiger partial charge in [-0.05, 0) is 30.6 Å². The van der Waals surface area contributed by atoms with Crippen molar-refractivity contribution in [2.75, 3.05) is 5.75 Å². The predicted molar refractivity (Wildman–Crippen MR) is 54.8 cm³/mol. The molecule has 2 bridgehead atoms. The van der Waals surface area contributed by atoms with Crippen molar-refractivity contribution >= 4 is 15.7 Å². The van der Waals surface area contributed by atoms with Crippen LogP contribution in [0.15, 0.2) is 4.40 Å². The van der Waals surface area contributed by atoms with Crippen molar-refractivity contribution < 1.29 is 8.42 Å². The van der Waals surface area contributed by atoms with Crippen LogP contribution in [-0.2, 0) is 10.0 Å². The molecule has 78 valence electrons. The van der Waals surface area contributed by atoms with E-state index in [9.17, 15) is 8.42 Å². The molecule has 0 aromatic heterocycles. The first-order valence-electron chi connectivity index (χ1n) is 5.19. The van der Waals surface area contributed by atoms with Crippen LogP contribution in [0.25, 0.3) is 0 Å². The summed E-state index contributed by atoms with van der Waals surface area (Å²) in [7, 11) is -3.13. The average Bonchev–Trinajstić information content (AvgIpc) is 2.50. The molecule has 0 amide bonds. The monoisotopic (exact) mass is 213 g/mol. The minimum absolute atomic E-state index is 0.0868. The Balaban J connectivity index is 2.22. The lowest BCUT2D eigenvalue weighted by atomic mass is 9.70. The Labute approximate surface area is 84.7 Å². The Morgan fingerprint density at radius 2 is 2.14 bits per heavy atom. The van der Waals surface area contributed by atoms with E-state index in [1.165, 1.54) is 6.42 Å². The quantitative estimate of drug-likeness (QED) is 0.613. The Hall–Kier alpha value is -0.380. The lowest BCUT2D eigenvalue weighted by molar-refractivity contribution is 0.198. The summed E-state index contributed by atoms with van der Waals surface area (Å²) < 4.78 is 27.0. The van der Waals surface area contributed by atoms with Gasteiger partial charge in [0.05, 0.1) is 5.75 Å². The molecule has 2 aliphatic carbocycles. The highest BCUT2D eigenvalue weighted by molar-refractivity contribution is 7.90. The third kappa shape index (κ3) is 0.757. The van der Waals surface area contributed by atoms with Gasteiger partial charge >= 0.3 is 0 Å². The van der Waals surface area contributed by atoms with Gasteiger partial charge in [0.25, 0.3) is 10.0 Å². The van der Waals surface area contributed by atoms with E-state index in [-0.39, 0.29) is 16.6 Å². The number of hydrogen-bond donors (Lipinski definition) is 0. The number of fused-ring (bicyclic) bond motifs is 1. The summed E-state index contributed by atoms with van der Waals surface area (Å²) in [5.41, 5.74) is 1.05. The Bertz CT molecular complexity index is 435. The zero-order valence-corrected chi connectivity index (χ0v) is 9.39. The van der Waals surface area contributed by atoms with Crippen LogP contribution in [0, 0.1) is 16.7 Å². The molecule has 0 radical (unpaired) electrons. The molecular formula is C10H15NO2S. The van der Waals surface area contributed by atoms with Crippen molar-refractivity contribution in [1.29, 1.82) is 0 Å². The number of rotatable bonds is 0. The first-order valence-corrected chi connectivity index (χ1v) is 6.80. The highest BCUT2D eigenvalue weighted by atomic mass is 32.2. The Morgan fingerprint density at radius 3 is 2.71 bits per heavy atom. The van der Waals surface area contributed by atoms with Crippen LogP contribution in [0.5, 0.6) is 0 Å². The molecule has 0 unspecified atom stereocenters. The maximum Gasteiger partial charge on any atom is 0.254 e. The average molecular weight is 213 g/mol. The van der Waals surface area contributed by atoms with Crippen LogP contribution >= 0.6 is 0 Å². The molecule has 3 nitrogen and oxygen atoms in total. The van der Waals surface area contributed by atoms with Gasteiger partial charge in [0.15, 0.2) is 0 Å². The molecule has 3 aliphatic rings. The molecule has 2 saturated carbocycles. The fourth-order valence-electron chi connectivity index (χ4n) is 3.77. The van der Waals surface area contributed by atoms with Gasteiger partial charge in [-0.25, -0.2) is 8.42 Å². The number of hydrogen-bond acceptors (Lipinski definition) is 2. The van der Waals surface area contributed by atoms with Crippen LogP contribution in [0.3, 0.4) is 0 Å². The fourth-order valence-corrected chi connectivity index (χ4v) is 5.73. The standard InChI is InChI=1S/C10H15NO2S/c1-9(2)7-3-4-10(9)6-14(12,13)11-8(10)5-7/h7H,3-6H2,1-2H3/t7-,10+/m0/s1. The van der Waals surface area contributed by atoms with Crippen molar-refractivity contribution in [2.24, 2.45) is 21.1 Å². The SMILES string of the molecule is CC1(C)[C@H]2CC[C@]13CS(=O)(=O)N=C3C2. The third-order valence-corrected chi connectivity index (χ3v) is 6.20. The molecule has 1 spiro atoms. The smallest absolute Gasteiger partial charge is 0.205 e. The lowest BCUT2D eigenvalue weighted by Gasteiger charge is -2.34. The highest BCUT2D eigenvalue weighted by Gasteiger charge is 2.66. The van der Waals surface area contributed by atoms with Crippen molar-refractivity contribution in [3.8, 4) is 0 Å². The summed E-state index contributed by atoms with van der Waals surface area (Å²) in [5, 5.41) is 0. The second-order valence-electron chi connectivity index (χ2n) is 5.51. The molecule has 0 N–H and O–H groups in total. The predicted octanol–water partition coefficient (Wildman–Crippen LogP) is 1.60. The molecule has 0 aromatic carbocycles. The summed E-state index contributed by atoms with van der Waals surface area (Å²) in [6.07, 6.45) is 3.14. The molecule has 0 saturated heterocycles. The van der Waals surface area contributed by atoms with Crippen molar-refractivity contribution in [3.63, 3.8) is 0 Å². The number of sulfonamides is 1. The van der Waals surface area contributed by atoms with Crippen LogP contribution in [-0.4, -0.2) is 19.9 Å². The van der Waals surface area contributed by atoms with Gasteiger partial charge in [-0.15, -0.1) is 0 Å². The highest BCUT2D eigenvalue weighted by Crippen LogP contribution is 2.66. The van der Waals surface area contributed by atoms with Gasteiger partial charge in [-0.3, -0.25) is 0 Å². The van der Waals surface area contributed by atoms with E-state index in [0.717, 1.165) is 18.6 Å². The first kappa shape index (κ1) is 8.89. The van der Waals surface area contributed by atoms with E-state index >= 15 is 0 Å². The van der Waals surface area contributed by atoms with Crippen molar-refractivity contribution in [3.05, 3.63) is 0 Å². The summed E-state index contributed by atoms with van der Waals surface area (Å²) in [6.45, 7) is 4.43. The van der Waals surface area contributed by atoms with Crippen LogP contribution in [0.1, 0.15) is 33.1 Å². The maximum absolute atomic E-state index is 11.5. The van der Waals surface area contributed by atoms with E-state index in [1.54, 1.807) is 0 Å². The lowest BCUT2D eigenvalue weighted by Crippen LogP contribution is -2.37. The maximum atomic E-state index is 11.5. The Morgan fingerprint density at radius 1 is 1.43 bits per heavy atom. The second kappa shape index (κ2) is 2.08. The van der Waals surface area contributed by atoms with Crippen molar-refractivity contribution in [1.82, 2.24) is 0 Å². The fraction of sp³-hybridized carbons (Fsp3) is 0.900. The normalized spacial score (nSPS) is 46.4. The van der Waals surface area contributed by atoms with Gasteiger partial charge in [-0.2, -0.15) is 4.40 Å². The largest absolute Gasteiger partial charge is 0.254 e. The first-order chi connectivity index (χ1) is 6.37. The number of nitrogens with zero attached hydrogens (tertiary/aromatic N) is 1. The zero-order valence-electron chi connectivity index (χ0n) is 8.58. The van der Waals surface area contributed by atoms with Gasteiger partial charge in [-0.1, -0.05) is 13.8 Å². The van der Waals surface area contributed by atoms with Gasteiger partial charge in [0, 0.05) is 11.1 Å². The van der Waals surface area contributed by atoms with E-state index < -0.39 is 10.0 Å². The van der Waals surface area contributed by atoms with Crippen LogP contribution < -0.4 is 0 Å². The van der Waals surface area contributed by atoms with E-state index in [4.69, 9.17) is 0 Å². The van der Waals surface area contributed by atoms with E-state index in [1.807, 2.05) is 0 Å². The summed E-state index contributed by atoms with van der Waals surface area (Å²) in [6, 6.07) is 0. The zero-order chi connectivity index (χ0) is 10.2. The van der Waals surface area contributed by atoms with Crippen molar-refractivity contribution in [2.45, 2.75) is 33.1 Å². The summed E-state index contributed by atoms with van der Waals surface area (Å²) >= 11 is 0. The molecule has 2 fully saturated rings. The molecule has 0 aromatic rings. The minimum Gasteiger partial charge on any atom is -0.205 e. The van der Waals surface area contributed by atoms with Crippen LogP contribution in [0.2, 0.25) is 0 Å². The van der Waals surface area contributed by atoms with Gasteiger partial charge < -0.3 is 0 Å². The summed E-state index contributed by atoms with van der Waals surface area (Å²) in [4.78, 5) is 0. The van der Waals surface area contributed by atoms with Gasteiger partial charge in [0.1, 0.15) is 0 Å². The molecule has 14 heavy (non-hydrogen) atoms. The minimum atomic E-state index is -3.13. The summed E-state index contributed by atoms with van der Waals surface area (Å²) in [5.74, 6) is 0.940. The molecule has 1 aliphatic heterocycles. The van der Waals surface area contributed by atoms with Gasteiger partial charge in [0.2, 0.25) is 0 Å². The second-order valence-corrected chi connectivity index (χ2v) is 7.14. The Kier molecular flexibility index (Phi) is 1.32. The van der Waals surface area contributed by atoms with E-state index in [2.05, 4.69) is 18.2 Å². The molecular weight excluding hydrogens is 198 g/mol. The molecule has 4 heteroatoms. The van der Waals surface area contributed by atoms with Crippen LogP contribution in [0.4, 0.5) is 0 Å².